The number of fused-ring (bicyclic) bond motifs is 1. The van der Waals surface area contributed by atoms with Gasteiger partial charge in [-0.25, -0.2) is 0 Å². The van der Waals surface area contributed by atoms with Crippen molar-refractivity contribution in [3.05, 3.63) is 35.5 Å². The molecule has 2 aromatic rings. The maximum atomic E-state index is 5.62. The number of aromatic amines is 1. The van der Waals surface area contributed by atoms with Crippen molar-refractivity contribution in [2.45, 2.75) is 13.5 Å². The van der Waals surface area contributed by atoms with Crippen LogP contribution in [0, 0.1) is 6.92 Å². The topological polar surface area (TPSA) is 41.8 Å². The Morgan fingerprint density at radius 1 is 1.42 bits per heavy atom. The summed E-state index contributed by atoms with van der Waals surface area (Å²) >= 11 is 0. The lowest BCUT2D eigenvalue weighted by molar-refractivity contribution is 1.08. The van der Waals surface area contributed by atoms with Crippen LogP contribution < -0.4 is 5.73 Å². The number of nitrogens with one attached hydrogen (secondary N) is 1. The van der Waals surface area contributed by atoms with Crippen molar-refractivity contribution >= 4 is 10.9 Å². The number of nitrogens with two attached hydrogens (primary N) is 1. The third kappa shape index (κ3) is 1.01. The molecule has 0 amide bonds. The van der Waals surface area contributed by atoms with Gasteiger partial charge in [0, 0.05) is 18.3 Å². The lowest BCUT2D eigenvalue weighted by Crippen LogP contribution is -1.97. The summed E-state index contributed by atoms with van der Waals surface area (Å²) in [5.74, 6) is 0. The largest absolute Gasteiger partial charge is 0.361 e. The summed E-state index contributed by atoms with van der Waals surface area (Å²) in [6.07, 6.45) is 1.95. The molecule has 1 aromatic heterocycles. The summed E-state index contributed by atoms with van der Waals surface area (Å²) in [4.78, 5) is 3.19. The third-order valence-electron chi connectivity index (χ3n) is 2.11. The maximum Gasteiger partial charge on any atom is 0.0499 e. The van der Waals surface area contributed by atoms with Gasteiger partial charge in [-0.15, -0.1) is 0 Å². The van der Waals surface area contributed by atoms with Crippen LogP contribution in [0.1, 0.15) is 11.1 Å². The summed E-state index contributed by atoms with van der Waals surface area (Å²) in [6.45, 7) is 2.68. The van der Waals surface area contributed by atoms with Crippen LogP contribution in [0.15, 0.2) is 24.4 Å². The molecule has 0 saturated heterocycles. The molecule has 0 atom stereocenters. The molecule has 62 valence electrons. The minimum Gasteiger partial charge on any atom is -0.361 e. The second kappa shape index (κ2) is 2.64. The van der Waals surface area contributed by atoms with Crippen LogP contribution in [0.5, 0.6) is 0 Å². The predicted octanol–water partition coefficient (Wildman–Crippen LogP) is 1.94. The van der Waals surface area contributed by atoms with E-state index >= 15 is 0 Å². The highest BCUT2D eigenvalue weighted by molar-refractivity contribution is 5.83. The van der Waals surface area contributed by atoms with Crippen molar-refractivity contribution in [2.75, 3.05) is 0 Å². The van der Waals surface area contributed by atoms with Crippen molar-refractivity contribution in [1.29, 1.82) is 0 Å². The molecule has 1 heterocycles. The Morgan fingerprint density at radius 3 is 3.00 bits per heavy atom. The van der Waals surface area contributed by atoms with Crippen LogP contribution in [0.4, 0.5) is 0 Å². The normalized spacial score (nSPS) is 10.8. The molecule has 0 spiro atoms. The fourth-order valence-electron chi connectivity index (χ4n) is 1.57. The van der Waals surface area contributed by atoms with Crippen LogP contribution in [-0.2, 0) is 6.54 Å². The number of H-pyrrole nitrogens is 1. The minimum atomic E-state index is 0.596. The first-order chi connectivity index (χ1) is 5.81. The standard InChI is InChI=1S/C10H12N2/c1-7-4-8-2-3-12-10(8)9(5-7)6-11/h2-5,12H,6,11H2,1H3. The van der Waals surface area contributed by atoms with Gasteiger partial charge in [0.15, 0.2) is 0 Å². The van der Waals surface area contributed by atoms with E-state index in [9.17, 15) is 0 Å². The molecule has 12 heavy (non-hydrogen) atoms. The van der Waals surface area contributed by atoms with E-state index in [1.165, 1.54) is 22.0 Å². The third-order valence-corrected chi connectivity index (χ3v) is 2.11. The molecule has 0 fully saturated rings. The Kier molecular flexibility index (Phi) is 1.62. The van der Waals surface area contributed by atoms with Gasteiger partial charge >= 0.3 is 0 Å². The molecule has 2 heteroatoms. The van der Waals surface area contributed by atoms with Crippen LogP contribution in [0.2, 0.25) is 0 Å². The molecule has 3 N–H and O–H groups in total. The molecule has 0 radical (unpaired) electrons. The first-order valence-electron chi connectivity index (χ1n) is 4.08. The lowest BCUT2D eigenvalue weighted by Gasteiger charge is -2.01. The first kappa shape index (κ1) is 7.37. The Labute approximate surface area is 71.4 Å². The zero-order chi connectivity index (χ0) is 8.55. The highest BCUT2D eigenvalue weighted by Gasteiger charge is 2.00. The summed E-state index contributed by atoms with van der Waals surface area (Å²) in [5.41, 5.74) is 9.25. The van der Waals surface area contributed by atoms with Gasteiger partial charge in [0.25, 0.3) is 0 Å². The molecular formula is C10H12N2. The van der Waals surface area contributed by atoms with E-state index in [0.29, 0.717) is 6.54 Å². The average molecular weight is 160 g/mol. The zero-order valence-corrected chi connectivity index (χ0v) is 7.09. The molecule has 2 rings (SSSR count). The second-order valence-electron chi connectivity index (χ2n) is 3.07. The molecule has 0 bridgehead atoms. The van der Waals surface area contributed by atoms with Crippen molar-refractivity contribution < 1.29 is 0 Å². The summed E-state index contributed by atoms with van der Waals surface area (Å²) < 4.78 is 0. The lowest BCUT2D eigenvalue weighted by atomic mass is 10.1. The fraction of sp³-hybridized carbons (Fsp3) is 0.200. The van der Waals surface area contributed by atoms with Crippen molar-refractivity contribution in [3.8, 4) is 0 Å². The van der Waals surface area contributed by atoms with E-state index in [0.717, 1.165) is 0 Å². The molecule has 0 unspecified atom stereocenters. The molecular weight excluding hydrogens is 148 g/mol. The summed E-state index contributed by atoms with van der Waals surface area (Å²) in [7, 11) is 0. The molecule has 2 nitrogen and oxygen atoms in total. The Hall–Kier alpha value is -1.28. The summed E-state index contributed by atoms with van der Waals surface area (Å²) in [6, 6.07) is 6.35. The van der Waals surface area contributed by atoms with Gasteiger partial charge < -0.3 is 10.7 Å². The maximum absolute atomic E-state index is 5.62. The Balaban J connectivity index is 2.80. The van der Waals surface area contributed by atoms with Crippen molar-refractivity contribution in [2.24, 2.45) is 5.73 Å². The predicted molar refractivity (Wildman–Crippen MR) is 50.9 cm³/mol. The zero-order valence-electron chi connectivity index (χ0n) is 7.09. The van der Waals surface area contributed by atoms with Crippen molar-refractivity contribution in [3.63, 3.8) is 0 Å². The second-order valence-corrected chi connectivity index (χ2v) is 3.07. The molecule has 0 aliphatic rings. The number of aromatic nitrogens is 1. The van der Waals surface area contributed by atoms with E-state index in [2.05, 4.69) is 30.1 Å². The number of hydrogen-bond donors (Lipinski definition) is 2. The highest BCUT2D eigenvalue weighted by atomic mass is 14.7. The van der Waals surface area contributed by atoms with Crippen LogP contribution in [-0.4, -0.2) is 4.98 Å². The number of benzene rings is 1. The van der Waals surface area contributed by atoms with E-state index in [1.807, 2.05) is 6.20 Å². The van der Waals surface area contributed by atoms with Crippen LogP contribution in [0.3, 0.4) is 0 Å². The first-order valence-corrected chi connectivity index (χ1v) is 4.08. The van der Waals surface area contributed by atoms with E-state index in [-0.39, 0.29) is 0 Å². The number of aryl methyl sites for hydroxylation is 1. The van der Waals surface area contributed by atoms with Gasteiger partial charge in [0.05, 0.1) is 0 Å². The van der Waals surface area contributed by atoms with Gasteiger partial charge in [-0.05, 0) is 30.0 Å². The molecule has 0 saturated carbocycles. The molecule has 0 aliphatic heterocycles. The van der Waals surface area contributed by atoms with Gasteiger partial charge in [-0.1, -0.05) is 11.6 Å². The molecule has 0 aliphatic carbocycles. The minimum absolute atomic E-state index is 0.596. The fourth-order valence-corrected chi connectivity index (χ4v) is 1.57. The quantitative estimate of drug-likeness (QED) is 0.657. The van der Waals surface area contributed by atoms with E-state index in [4.69, 9.17) is 5.73 Å². The smallest absolute Gasteiger partial charge is 0.0499 e. The van der Waals surface area contributed by atoms with Crippen molar-refractivity contribution in [1.82, 2.24) is 4.98 Å². The van der Waals surface area contributed by atoms with Crippen LogP contribution in [0.25, 0.3) is 10.9 Å². The SMILES string of the molecule is Cc1cc(CN)c2[nH]ccc2c1. The van der Waals surface area contributed by atoms with Crippen LogP contribution >= 0.6 is 0 Å². The molecule has 1 aromatic carbocycles. The number of hydrogen-bond acceptors (Lipinski definition) is 1. The number of rotatable bonds is 1. The highest BCUT2D eigenvalue weighted by Crippen LogP contribution is 2.18. The summed E-state index contributed by atoms with van der Waals surface area (Å²) in [5, 5.41) is 1.25. The Morgan fingerprint density at radius 2 is 2.25 bits per heavy atom. The Bertz CT molecular complexity index is 401. The van der Waals surface area contributed by atoms with Gasteiger partial charge in [-0.3, -0.25) is 0 Å². The van der Waals surface area contributed by atoms with Gasteiger partial charge in [-0.2, -0.15) is 0 Å². The van der Waals surface area contributed by atoms with Gasteiger partial charge in [0.1, 0.15) is 0 Å². The average Bonchev–Trinajstić information content (AvgIpc) is 2.50. The van der Waals surface area contributed by atoms with E-state index < -0.39 is 0 Å². The van der Waals surface area contributed by atoms with Gasteiger partial charge in [0.2, 0.25) is 0 Å². The van der Waals surface area contributed by atoms with E-state index in [1.54, 1.807) is 0 Å². The monoisotopic (exact) mass is 160 g/mol.